The van der Waals surface area contributed by atoms with Crippen LogP contribution in [0.1, 0.15) is 18.5 Å². The number of methoxy groups -OCH3 is 1. The zero-order valence-corrected chi connectivity index (χ0v) is 16.0. The first-order chi connectivity index (χ1) is 13.5. The van der Waals surface area contributed by atoms with Crippen molar-refractivity contribution in [2.75, 3.05) is 32.6 Å². The molecule has 2 rings (SSSR count). The van der Waals surface area contributed by atoms with Gasteiger partial charge in [0, 0.05) is 25.8 Å². The van der Waals surface area contributed by atoms with Crippen molar-refractivity contribution in [1.29, 1.82) is 16.2 Å². The molecule has 1 aromatic rings. The third-order valence-electron chi connectivity index (χ3n) is 4.28. The number of carbonyl (C=O) groups is 1. The number of piperidine rings is 1. The minimum Gasteiger partial charge on any atom is -0.481 e. The van der Waals surface area contributed by atoms with Crippen LogP contribution in [0.15, 0.2) is 30.0 Å². The average molecular weight is 386 g/mol. The van der Waals surface area contributed by atoms with Crippen LogP contribution in [-0.4, -0.2) is 67.2 Å². The van der Waals surface area contributed by atoms with E-state index in [0.29, 0.717) is 12.2 Å². The maximum atomic E-state index is 12.4. The van der Waals surface area contributed by atoms with Gasteiger partial charge in [0.05, 0.1) is 13.4 Å². The molecule has 2 heterocycles. The van der Waals surface area contributed by atoms with Gasteiger partial charge in [-0.15, -0.1) is 0 Å². The monoisotopic (exact) mass is 386 g/mol. The minimum absolute atomic E-state index is 0.0154. The first kappa shape index (κ1) is 21.0. The van der Waals surface area contributed by atoms with Gasteiger partial charge in [0.25, 0.3) is 5.91 Å². The second kappa shape index (κ2) is 10.2. The predicted octanol–water partition coefficient (Wildman–Crippen LogP) is 0.734. The van der Waals surface area contributed by atoms with Crippen LogP contribution in [-0.2, 0) is 9.53 Å². The lowest BCUT2D eigenvalue weighted by Crippen LogP contribution is -2.48. The van der Waals surface area contributed by atoms with Crippen molar-refractivity contribution in [1.82, 2.24) is 20.5 Å². The maximum Gasteiger partial charge on any atom is 0.263 e. The Bertz CT molecular complexity index is 771. The van der Waals surface area contributed by atoms with Crippen molar-refractivity contribution >= 4 is 29.8 Å². The SMILES string of the molecule is CN/C=C(\C(=N)OC)C(=O)Nc1cccc(C(=N)N(C=N)C2CCCNC2)n1. The fraction of sp³-hybridized carbons (Fsp3) is 0.389. The smallest absolute Gasteiger partial charge is 0.263 e. The minimum atomic E-state index is -0.558. The number of aromatic nitrogens is 1. The van der Waals surface area contributed by atoms with Gasteiger partial charge in [0.15, 0.2) is 5.84 Å². The second-order valence-electron chi connectivity index (χ2n) is 6.13. The number of anilines is 1. The van der Waals surface area contributed by atoms with Gasteiger partial charge in [-0.3, -0.25) is 21.0 Å². The van der Waals surface area contributed by atoms with Crippen LogP contribution in [0.2, 0.25) is 0 Å². The first-order valence-corrected chi connectivity index (χ1v) is 8.89. The number of hydrogen-bond donors (Lipinski definition) is 6. The van der Waals surface area contributed by atoms with E-state index in [4.69, 9.17) is 21.0 Å². The van der Waals surface area contributed by atoms with Gasteiger partial charge in [-0.1, -0.05) is 6.07 Å². The number of ether oxygens (including phenoxy) is 1. The molecule has 1 aromatic heterocycles. The highest BCUT2D eigenvalue weighted by atomic mass is 16.5. The predicted molar refractivity (Wildman–Crippen MR) is 108 cm³/mol. The summed E-state index contributed by atoms with van der Waals surface area (Å²) < 4.78 is 4.82. The molecule has 10 nitrogen and oxygen atoms in total. The standard InChI is InChI=1S/C18H26N8O2/c1-22-10-13(17(21)28-2)18(27)25-15-7-3-6-14(24-15)16(20)26(11-19)12-5-4-8-23-9-12/h3,6-7,10-12,19-23H,4-5,8-9H2,1-2H3,(H,24,25,27)/b13-10+,19-11?,20-16?,21-17?. The molecule has 10 heteroatoms. The molecular weight excluding hydrogens is 360 g/mol. The topological polar surface area (TPSA) is 150 Å². The summed E-state index contributed by atoms with van der Waals surface area (Å²) in [5.41, 5.74) is 0.356. The van der Waals surface area contributed by atoms with Gasteiger partial charge in [-0.2, -0.15) is 0 Å². The Morgan fingerprint density at radius 1 is 1.43 bits per heavy atom. The molecule has 28 heavy (non-hydrogen) atoms. The van der Waals surface area contributed by atoms with E-state index >= 15 is 0 Å². The van der Waals surface area contributed by atoms with Gasteiger partial charge in [-0.25, -0.2) is 4.98 Å². The van der Waals surface area contributed by atoms with Crippen molar-refractivity contribution in [3.63, 3.8) is 0 Å². The highest BCUT2D eigenvalue weighted by Crippen LogP contribution is 2.14. The third-order valence-corrected chi connectivity index (χ3v) is 4.28. The highest BCUT2D eigenvalue weighted by Gasteiger charge is 2.24. The molecular formula is C18H26N8O2. The third kappa shape index (κ3) is 5.13. The van der Waals surface area contributed by atoms with Gasteiger partial charge in [-0.05, 0) is 31.5 Å². The number of amides is 1. The van der Waals surface area contributed by atoms with E-state index in [9.17, 15) is 4.79 Å². The largest absolute Gasteiger partial charge is 0.481 e. The Morgan fingerprint density at radius 3 is 2.82 bits per heavy atom. The molecule has 150 valence electrons. The number of rotatable bonds is 7. The molecule has 6 N–H and O–H groups in total. The van der Waals surface area contributed by atoms with E-state index in [2.05, 4.69) is 20.9 Å². The Balaban J connectivity index is 2.17. The van der Waals surface area contributed by atoms with Crippen molar-refractivity contribution < 1.29 is 9.53 Å². The lowest BCUT2D eigenvalue weighted by Gasteiger charge is -2.32. The van der Waals surface area contributed by atoms with E-state index < -0.39 is 5.91 Å². The maximum absolute atomic E-state index is 12.4. The number of nitrogens with one attached hydrogen (secondary N) is 6. The van der Waals surface area contributed by atoms with Crippen molar-refractivity contribution in [3.05, 3.63) is 35.7 Å². The molecule has 1 fully saturated rings. The van der Waals surface area contributed by atoms with Crippen LogP contribution in [0.5, 0.6) is 0 Å². The summed E-state index contributed by atoms with van der Waals surface area (Å²) in [6.45, 7) is 1.64. The van der Waals surface area contributed by atoms with Crippen molar-refractivity contribution in [3.8, 4) is 0 Å². The molecule has 1 aliphatic heterocycles. The molecule has 0 spiro atoms. The molecule has 0 radical (unpaired) electrons. The van der Waals surface area contributed by atoms with Gasteiger partial charge < -0.3 is 25.6 Å². The van der Waals surface area contributed by atoms with E-state index in [1.54, 1.807) is 30.1 Å². The zero-order valence-electron chi connectivity index (χ0n) is 16.0. The Labute approximate surface area is 163 Å². The highest BCUT2D eigenvalue weighted by molar-refractivity contribution is 6.21. The van der Waals surface area contributed by atoms with Crippen LogP contribution in [0.3, 0.4) is 0 Å². The Hall–Kier alpha value is -3.27. The molecule has 1 atom stereocenters. The quantitative estimate of drug-likeness (QED) is 0.231. The first-order valence-electron chi connectivity index (χ1n) is 8.89. The summed E-state index contributed by atoms with van der Waals surface area (Å²) in [7, 11) is 2.92. The Morgan fingerprint density at radius 2 is 2.21 bits per heavy atom. The summed E-state index contributed by atoms with van der Waals surface area (Å²) in [6.07, 6.45) is 4.37. The zero-order chi connectivity index (χ0) is 20.5. The van der Waals surface area contributed by atoms with E-state index in [1.807, 2.05) is 0 Å². The lowest BCUT2D eigenvalue weighted by atomic mass is 10.1. The van der Waals surface area contributed by atoms with Crippen LogP contribution in [0.25, 0.3) is 0 Å². The number of carbonyl (C=O) groups excluding carboxylic acids is 1. The normalized spacial score (nSPS) is 16.6. The van der Waals surface area contributed by atoms with E-state index in [1.165, 1.54) is 13.3 Å². The van der Waals surface area contributed by atoms with Crippen molar-refractivity contribution in [2.24, 2.45) is 0 Å². The number of pyridine rings is 1. The molecule has 1 saturated heterocycles. The van der Waals surface area contributed by atoms with Crippen LogP contribution in [0, 0.1) is 16.2 Å². The number of hydrogen-bond acceptors (Lipinski definition) is 8. The van der Waals surface area contributed by atoms with Gasteiger partial charge >= 0.3 is 0 Å². The molecule has 1 unspecified atom stereocenters. The number of nitrogens with zero attached hydrogens (tertiary/aromatic N) is 2. The summed E-state index contributed by atoms with van der Waals surface area (Å²) in [5, 5.41) is 32.4. The Kier molecular flexibility index (Phi) is 7.64. The summed E-state index contributed by atoms with van der Waals surface area (Å²) >= 11 is 0. The van der Waals surface area contributed by atoms with Crippen molar-refractivity contribution in [2.45, 2.75) is 18.9 Å². The van der Waals surface area contributed by atoms with Crippen LogP contribution in [0.4, 0.5) is 5.82 Å². The molecule has 0 bridgehead atoms. The molecule has 1 aliphatic rings. The van der Waals surface area contributed by atoms with E-state index in [0.717, 1.165) is 25.7 Å². The van der Waals surface area contributed by atoms with Gasteiger partial charge in [0.2, 0.25) is 5.90 Å². The fourth-order valence-corrected chi connectivity index (χ4v) is 2.86. The molecule has 1 amide bonds. The number of amidine groups is 1. The lowest BCUT2D eigenvalue weighted by molar-refractivity contribution is -0.112. The summed E-state index contributed by atoms with van der Waals surface area (Å²) in [4.78, 5) is 18.3. The second-order valence-corrected chi connectivity index (χ2v) is 6.13. The van der Waals surface area contributed by atoms with Crippen LogP contribution < -0.4 is 16.0 Å². The average Bonchev–Trinajstić information content (AvgIpc) is 2.72. The molecule has 0 aromatic carbocycles. The fourth-order valence-electron chi connectivity index (χ4n) is 2.86. The van der Waals surface area contributed by atoms with Crippen LogP contribution >= 0.6 is 0 Å². The summed E-state index contributed by atoms with van der Waals surface area (Å²) in [6, 6.07) is 4.95. The molecule has 0 aliphatic carbocycles. The van der Waals surface area contributed by atoms with Gasteiger partial charge in [0.1, 0.15) is 17.1 Å². The summed E-state index contributed by atoms with van der Waals surface area (Å²) in [5.74, 6) is -0.506. The molecule has 0 saturated carbocycles. The van der Waals surface area contributed by atoms with E-state index in [-0.39, 0.29) is 29.2 Å².